The largest absolute Gasteiger partial charge is 0.458 e. The van der Waals surface area contributed by atoms with Gasteiger partial charge in [0.25, 0.3) is 0 Å². The first-order valence-corrected chi connectivity index (χ1v) is 13.7. The molecule has 4 nitrogen and oxygen atoms in total. The molecular formula is C28H40N2O2S. The Hall–Kier alpha value is -2.14. The van der Waals surface area contributed by atoms with Crippen LogP contribution in [-0.4, -0.2) is 21.5 Å². The van der Waals surface area contributed by atoms with Crippen molar-refractivity contribution in [1.29, 1.82) is 0 Å². The topological polar surface area (TPSA) is 43.6 Å². The van der Waals surface area contributed by atoms with Gasteiger partial charge in [-0.3, -0.25) is 4.40 Å². The van der Waals surface area contributed by atoms with Crippen LogP contribution in [0.25, 0.3) is 15.4 Å². The predicted molar refractivity (Wildman–Crippen MR) is 139 cm³/mol. The Morgan fingerprint density at radius 1 is 0.939 bits per heavy atom. The minimum Gasteiger partial charge on any atom is -0.458 e. The van der Waals surface area contributed by atoms with Crippen molar-refractivity contribution in [2.75, 3.05) is 0 Å². The van der Waals surface area contributed by atoms with E-state index in [1.165, 1.54) is 68.9 Å². The SMILES string of the molecule is CCCCCCCCc1ccc(-c2cn3cc(C(=O)O[C@@H](C)CCCCCC)nc3s2)cc1. The Balaban J connectivity index is 1.50. The normalized spacial score (nSPS) is 12.3. The van der Waals surface area contributed by atoms with Gasteiger partial charge in [-0.25, -0.2) is 9.78 Å². The summed E-state index contributed by atoms with van der Waals surface area (Å²) in [5.41, 5.74) is 2.99. The van der Waals surface area contributed by atoms with E-state index in [-0.39, 0.29) is 12.1 Å². The van der Waals surface area contributed by atoms with Crippen LogP contribution in [-0.2, 0) is 11.2 Å². The summed E-state index contributed by atoms with van der Waals surface area (Å²) in [7, 11) is 0. The maximum Gasteiger partial charge on any atom is 0.358 e. The molecule has 0 N–H and O–H groups in total. The number of hydrogen-bond acceptors (Lipinski definition) is 4. The number of nitrogens with zero attached hydrogens (tertiary/aromatic N) is 2. The number of carbonyl (C=O) groups excluding carboxylic acids is 1. The number of unbranched alkanes of at least 4 members (excludes halogenated alkanes) is 8. The number of aryl methyl sites for hydroxylation is 1. The Bertz CT molecular complexity index is 942. The highest BCUT2D eigenvalue weighted by Crippen LogP contribution is 2.29. The van der Waals surface area contributed by atoms with Gasteiger partial charge in [0.15, 0.2) is 10.7 Å². The van der Waals surface area contributed by atoms with E-state index < -0.39 is 0 Å². The van der Waals surface area contributed by atoms with Crippen molar-refractivity contribution in [3.05, 3.63) is 47.9 Å². The van der Waals surface area contributed by atoms with Crippen molar-refractivity contribution in [3.8, 4) is 10.4 Å². The molecule has 33 heavy (non-hydrogen) atoms. The molecule has 1 aromatic carbocycles. The molecule has 0 unspecified atom stereocenters. The van der Waals surface area contributed by atoms with Crippen LogP contribution in [0.5, 0.6) is 0 Å². The van der Waals surface area contributed by atoms with E-state index in [4.69, 9.17) is 4.74 Å². The number of fused-ring (bicyclic) bond motifs is 1. The third kappa shape index (κ3) is 7.99. The van der Waals surface area contributed by atoms with Gasteiger partial charge in [0.05, 0.1) is 11.0 Å². The number of aromatic nitrogens is 2. The Kier molecular flexibility index (Phi) is 10.5. The number of esters is 1. The predicted octanol–water partition coefficient (Wildman–Crippen LogP) is 8.48. The molecule has 5 heteroatoms. The fraction of sp³-hybridized carbons (Fsp3) is 0.571. The molecule has 0 amide bonds. The number of ether oxygens (including phenoxy) is 1. The van der Waals surface area contributed by atoms with E-state index in [1.807, 2.05) is 11.3 Å². The molecule has 0 spiro atoms. The summed E-state index contributed by atoms with van der Waals surface area (Å²) in [6, 6.07) is 8.89. The lowest BCUT2D eigenvalue weighted by molar-refractivity contribution is 0.0313. The van der Waals surface area contributed by atoms with Crippen LogP contribution >= 0.6 is 11.3 Å². The molecule has 0 saturated carbocycles. The van der Waals surface area contributed by atoms with Gasteiger partial charge < -0.3 is 4.74 Å². The molecule has 3 aromatic rings. The first-order valence-electron chi connectivity index (χ1n) is 12.9. The van der Waals surface area contributed by atoms with Crippen molar-refractivity contribution in [1.82, 2.24) is 9.38 Å². The highest BCUT2D eigenvalue weighted by atomic mass is 32.1. The number of imidazole rings is 1. The van der Waals surface area contributed by atoms with E-state index in [0.29, 0.717) is 5.69 Å². The van der Waals surface area contributed by atoms with Gasteiger partial charge in [-0.05, 0) is 43.7 Å². The first kappa shape index (κ1) is 25.5. The van der Waals surface area contributed by atoms with Crippen LogP contribution in [0.4, 0.5) is 0 Å². The molecule has 2 aromatic heterocycles. The van der Waals surface area contributed by atoms with Crippen LogP contribution in [0.3, 0.4) is 0 Å². The van der Waals surface area contributed by atoms with Gasteiger partial charge in [-0.1, -0.05) is 101 Å². The minimum absolute atomic E-state index is 0.0699. The van der Waals surface area contributed by atoms with Crippen molar-refractivity contribution in [2.45, 2.75) is 104 Å². The van der Waals surface area contributed by atoms with E-state index in [1.54, 1.807) is 17.5 Å². The molecule has 0 aliphatic carbocycles. The number of hydrogen-bond donors (Lipinski definition) is 0. The van der Waals surface area contributed by atoms with Gasteiger partial charge in [0.2, 0.25) is 0 Å². The quantitative estimate of drug-likeness (QED) is 0.166. The number of carbonyl (C=O) groups is 1. The summed E-state index contributed by atoms with van der Waals surface area (Å²) in [6.45, 7) is 6.43. The molecule has 0 aliphatic rings. The van der Waals surface area contributed by atoms with Crippen LogP contribution in [0.1, 0.15) is 107 Å². The molecule has 0 saturated heterocycles. The van der Waals surface area contributed by atoms with E-state index in [2.05, 4.69) is 49.3 Å². The summed E-state index contributed by atoms with van der Waals surface area (Å²) in [5, 5.41) is 0. The van der Waals surface area contributed by atoms with Gasteiger partial charge >= 0.3 is 5.97 Å². The first-order chi connectivity index (χ1) is 16.1. The van der Waals surface area contributed by atoms with Gasteiger partial charge in [0.1, 0.15) is 0 Å². The second-order valence-electron chi connectivity index (χ2n) is 9.19. The molecule has 180 valence electrons. The lowest BCUT2D eigenvalue weighted by Crippen LogP contribution is -2.15. The summed E-state index contributed by atoms with van der Waals surface area (Å²) in [6.07, 6.45) is 18.6. The van der Waals surface area contributed by atoms with Crippen LogP contribution in [0.15, 0.2) is 36.7 Å². The molecule has 0 fully saturated rings. The van der Waals surface area contributed by atoms with Crippen molar-refractivity contribution >= 4 is 22.3 Å². The molecular weight excluding hydrogens is 428 g/mol. The van der Waals surface area contributed by atoms with E-state index >= 15 is 0 Å². The van der Waals surface area contributed by atoms with Crippen LogP contribution < -0.4 is 0 Å². The zero-order chi connectivity index (χ0) is 23.5. The molecule has 3 rings (SSSR count). The summed E-state index contributed by atoms with van der Waals surface area (Å²) >= 11 is 1.61. The molecule has 0 radical (unpaired) electrons. The summed E-state index contributed by atoms with van der Waals surface area (Å²) in [4.78, 5) is 19.0. The standard InChI is InChI=1S/C28H40N2O2S/c1-4-6-8-10-11-13-15-23-16-18-24(19-17-23)26-21-30-20-25(29-28(30)33-26)27(31)32-22(3)14-12-9-7-5-2/h16-22H,4-15H2,1-3H3/t22-/m0/s1. The fourth-order valence-corrected chi connectivity index (χ4v) is 5.10. The van der Waals surface area contributed by atoms with Gasteiger partial charge in [0, 0.05) is 12.4 Å². The Morgan fingerprint density at radius 2 is 1.61 bits per heavy atom. The maximum absolute atomic E-state index is 12.5. The number of benzene rings is 1. The van der Waals surface area contributed by atoms with Crippen molar-refractivity contribution in [2.24, 2.45) is 0 Å². The third-order valence-electron chi connectivity index (χ3n) is 6.19. The van der Waals surface area contributed by atoms with Crippen LogP contribution in [0, 0.1) is 0 Å². The average molecular weight is 469 g/mol. The van der Waals surface area contributed by atoms with Gasteiger partial charge in [-0.2, -0.15) is 0 Å². The lowest BCUT2D eigenvalue weighted by atomic mass is 10.0. The summed E-state index contributed by atoms with van der Waals surface area (Å²) in [5.74, 6) is -0.325. The lowest BCUT2D eigenvalue weighted by Gasteiger charge is -2.11. The number of thiazole rings is 1. The second kappa shape index (κ2) is 13.5. The Morgan fingerprint density at radius 3 is 2.30 bits per heavy atom. The minimum atomic E-state index is -0.325. The third-order valence-corrected chi connectivity index (χ3v) is 7.24. The fourth-order valence-electron chi connectivity index (χ4n) is 4.13. The van der Waals surface area contributed by atoms with Gasteiger partial charge in [-0.15, -0.1) is 0 Å². The molecule has 0 bridgehead atoms. The van der Waals surface area contributed by atoms with Crippen LogP contribution in [0.2, 0.25) is 0 Å². The van der Waals surface area contributed by atoms with E-state index in [0.717, 1.165) is 29.1 Å². The highest BCUT2D eigenvalue weighted by molar-refractivity contribution is 7.20. The van der Waals surface area contributed by atoms with Crippen molar-refractivity contribution in [3.63, 3.8) is 0 Å². The van der Waals surface area contributed by atoms with E-state index in [9.17, 15) is 4.79 Å². The molecule has 1 atom stereocenters. The zero-order valence-electron chi connectivity index (χ0n) is 20.6. The molecule has 0 aliphatic heterocycles. The monoisotopic (exact) mass is 468 g/mol. The Labute approximate surface area is 203 Å². The average Bonchev–Trinajstić information content (AvgIpc) is 3.39. The zero-order valence-corrected chi connectivity index (χ0v) is 21.5. The summed E-state index contributed by atoms with van der Waals surface area (Å²) < 4.78 is 7.53. The second-order valence-corrected chi connectivity index (χ2v) is 10.2. The maximum atomic E-state index is 12.5. The number of rotatable bonds is 15. The highest BCUT2D eigenvalue weighted by Gasteiger charge is 2.17. The molecule has 2 heterocycles. The smallest absolute Gasteiger partial charge is 0.358 e. The van der Waals surface area contributed by atoms with Crippen molar-refractivity contribution < 1.29 is 9.53 Å².